The average Bonchev–Trinajstić information content (AvgIpc) is 3.03. The van der Waals surface area contributed by atoms with E-state index in [0.717, 1.165) is 11.0 Å². The molecule has 148 valence electrons. The van der Waals surface area contributed by atoms with E-state index in [4.69, 9.17) is 21.1 Å². The number of anilines is 1. The number of carbonyl (C=O) groups is 1. The van der Waals surface area contributed by atoms with Crippen molar-refractivity contribution in [1.82, 2.24) is 0 Å². The van der Waals surface area contributed by atoms with Gasteiger partial charge in [-0.1, -0.05) is 17.7 Å². The van der Waals surface area contributed by atoms with Gasteiger partial charge >= 0.3 is 0 Å². The molecule has 0 saturated carbocycles. The van der Waals surface area contributed by atoms with Crippen LogP contribution in [0.5, 0.6) is 11.5 Å². The predicted molar refractivity (Wildman–Crippen MR) is 109 cm³/mol. The molecule has 1 aliphatic rings. The highest BCUT2D eigenvalue weighted by molar-refractivity contribution is 7.94. The third kappa shape index (κ3) is 4.15. The Bertz CT molecular complexity index is 1030. The van der Waals surface area contributed by atoms with Crippen molar-refractivity contribution in [3.63, 3.8) is 0 Å². The summed E-state index contributed by atoms with van der Waals surface area (Å²) in [7, 11) is -0.379. The number of ether oxygens (including phenoxy) is 2. The molecule has 0 aliphatic carbocycles. The van der Waals surface area contributed by atoms with Crippen LogP contribution >= 0.6 is 11.6 Å². The second kappa shape index (κ2) is 7.85. The number of carbonyl (C=O) groups excluding carboxylic acids is 1. The molecular weight excluding hydrogens is 402 g/mol. The van der Waals surface area contributed by atoms with Crippen LogP contribution in [0.2, 0.25) is 5.02 Å². The molecule has 1 unspecified atom stereocenters. The lowest BCUT2D eigenvalue weighted by atomic mass is 10.1. The van der Waals surface area contributed by atoms with Crippen molar-refractivity contribution < 1.29 is 22.7 Å². The number of hydrogen-bond donors (Lipinski definition) is 0. The van der Waals surface area contributed by atoms with E-state index in [1.54, 1.807) is 36.4 Å². The van der Waals surface area contributed by atoms with Gasteiger partial charge in [0.1, 0.15) is 11.5 Å². The smallest absolute Gasteiger partial charge is 0.259 e. The van der Waals surface area contributed by atoms with Gasteiger partial charge in [0.05, 0.1) is 26.0 Å². The van der Waals surface area contributed by atoms with Crippen LogP contribution in [0.4, 0.5) is 5.69 Å². The highest BCUT2D eigenvalue weighted by atomic mass is 35.5. The highest BCUT2D eigenvalue weighted by Crippen LogP contribution is 2.31. The average molecular weight is 422 g/mol. The zero-order valence-electron chi connectivity index (χ0n) is 15.7. The summed E-state index contributed by atoms with van der Waals surface area (Å²) in [5.74, 6) is 0.341. The summed E-state index contributed by atoms with van der Waals surface area (Å²) < 4.78 is 34.4. The third-order valence-corrected chi connectivity index (χ3v) is 6.28. The zero-order chi connectivity index (χ0) is 20.5. The number of nitrogens with zero attached hydrogens (tertiary/aromatic N) is 1. The third-order valence-electron chi connectivity index (χ3n) is 4.49. The van der Waals surface area contributed by atoms with E-state index in [1.165, 1.54) is 25.2 Å². The van der Waals surface area contributed by atoms with Crippen LogP contribution in [0.15, 0.2) is 47.9 Å². The second-order valence-electron chi connectivity index (χ2n) is 6.44. The number of methoxy groups -OCH3 is 2. The van der Waals surface area contributed by atoms with Crippen molar-refractivity contribution in [3.05, 3.63) is 64.0 Å². The molecule has 1 amide bonds. The molecule has 0 bridgehead atoms. The van der Waals surface area contributed by atoms with E-state index >= 15 is 0 Å². The Kier molecular flexibility index (Phi) is 5.67. The number of sulfone groups is 1. The summed E-state index contributed by atoms with van der Waals surface area (Å²) in [5.41, 5.74) is 1.68. The van der Waals surface area contributed by atoms with E-state index in [9.17, 15) is 13.2 Å². The van der Waals surface area contributed by atoms with E-state index < -0.39 is 15.9 Å². The lowest BCUT2D eigenvalue weighted by molar-refractivity contribution is 0.0982. The van der Waals surface area contributed by atoms with Gasteiger partial charge in [0, 0.05) is 27.7 Å². The lowest BCUT2D eigenvalue weighted by Gasteiger charge is -2.28. The maximum atomic E-state index is 13.4. The van der Waals surface area contributed by atoms with Gasteiger partial charge in [-0.15, -0.1) is 0 Å². The van der Waals surface area contributed by atoms with Gasteiger partial charge in [0.15, 0.2) is 9.84 Å². The molecule has 1 atom stereocenters. The molecule has 28 heavy (non-hydrogen) atoms. The molecular formula is C20H20ClNO5S. The van der Waals surface area contributed by atoms with E-state index in [-0.39, 0.29) is 11.7 Å². The van der Waals surface area contributed by atoms with Gasteiger partial charge in [-0.25, -0.2) is 8.42 Å². The predicted octanol–water partition coefficient (Wildman–Crippen LogP) is 3.62. The van der Waals surface area contributed by atoms with Crippen LogP contribution in [0.25, 0.3) is 0 Å². The Balaban J connectivity index is 2.10. The molecule has 0 fully saturated rings. The van der Waals surface area contributed by atoms with Crippen molar-refractivity contribution in [2.45, 2.75) is 13.0 Å². The number of benzene rings is 2. The fourth-order valence-electron chi connectivity index (χ4n) is 2.98. The molecule has 0 saturated heterocycles. The second-order valence-corrected chi connectivity index (χ2v) is 8.77. The number of rotatable bonds is 5. The van der Waals surface area contributed by atoms with Crippen molar-refractivity contribution in [2.24, 2.45) is 0 Å². The topological polar surface area (TPSA) is 72.9 Å². The van der Waals surface area contributed by atoms with Crippen LogP contribution in [-0.4, -0.2) is 40.3 Å². The molecule has 0 N–H and O–H groups in total. The number of amides is 1. The molecule has 1 aliphatic heterocycles. The van der Waals surface area contributed by atoms with Crippen LogP contribution in [0, 0.1) is 6.92 Å². The first kappa shape index (κ1) is 20.2. The molecule has 2 aromatic carbocycles. The van der Waals surface area contributed by atoms with Gasteiger partial charge in [-0.3, -0.25) is 4.79 Å². The summed E-state index contributed by atoms with van der Waals surface area (Å²) in [5, 5.41) is 1.63. The normalized spacial score (nSPS) is 17.4. The minimum Gasteiger partial charge on any atom is -0.497 e. The molecule has 2 aromatic rings. The summed E-state index contributed by atoms with van der Waals surface area (Å²) in [4.78, 5) is 14.9. The minimum absolute atomic E-state index is 0.189. The SMILES string of the molecule is COc1cc(OC)cc(C(=O)N(c2ccc(C)c(Cl)c2)C2C=CS(=O)(=O)C2)c1. The van der Waals surface area contributed by atoms with Crippen LogP contribution in [0.3, 0.4) is 0 Å². The lowest BCUT2D eigenvalue weighted by Crippen LogP contribution is -2.41. The van der Waals surface area contributed by atoms with Gasteiger partial charge < -0.3 is 14.4 Å². The first-order valence-electron chi connectivity index (χ1n) is 8.48. The maximum absolute atomic E-state index is 13.4. The molecule has 6 nitrogen and oxygen atoms in total. The van der Waals surface area contributed by atoms with Crippen LogP contribution in [0.1, 0.15) is 15.9 Å². The van der Waals surface area contributed by atoms with E-state index in [2.05, 4.69) is 0 Å². The van der Waals surface area contributed by atoms with E-state index in [0.29, 0.717) is 27.8 Å². The molecule has 0 spiro atoms. The molecule has 3 rings (SSSR count). The summed E-state index contributed by atoms with van der Waals surface area (Å²) >= 11 is 6.25. The summed E-state index contributed by atoms with van der Waals surface area (Å²) in [6.45, 7) is 1.85. The molecule has 1 heterocycles. The molecule has 0 radical (unpaired) electrons. The fourth-order valence-corrected chi connectivity index (χ4v) is 4.42. The minimum atomic E-state index is -3.36. The van der Waals surface area contributed by atoms with Gasteiger partial charge in [-0.05, 0) is 42.8 Å². The number of aryl methyl sites for hydroxylation is 1. The fraction of sp³-hybridized carbons (Fsp3) is 0.250. The van der Waals surface area contributed by atoms with Gasteiger partial charge in [0.2, 0.25) is 0 Å². The zero-order valence-corrected chi connectivity index (χ0v) is 17.3. The van der Waals surface area contributed by atoms with Crippen molar-refractivity contribution in [1.29, 1.82) is 0 Å². The Morgan fingerprint density at radius 1 is 1.11 bits per heavy atom. The number of halogens is 1. The molecule has 0 aromatic heterocycles. The van der Waals surface area contributed by atoms with E-state index in [1.807, 2.05) is 6.92 Å². The Labute approximate surface area is 169 Å². The largest absolute Gasteiger partial charge is 0.497 e. The summed E-state index contributed by atoms with van der Waals surface area (Å²) in [6, 6.07) is 9.37. The Morgan fingerprint density at radius 2 is 1.75 bits per heavy atom. The monoisotopic (exact) mass is 421 g/mol. The van der Waals surface area contributed by atoms with Gasteiger partial charge in [0.25, 0.3) is 5.91 Å². The Hall–Kier alpha value is -2.51. The van der Waals surface area contributed by atoms with Crippen molar-refractivity contribution >= 4 is 33.0 Å². The maximum Gasteiger partial charge on any atom is 0.259 e. The van der Waals surface area contributed by atoms with Gasteiger partial charge in [-0.2, -0.15) is 0 Å². The Morgan fingerprint density at radius 3 is 2.25 bits per heavy atom. The summed E-state index contributed by atoms with van der Waals surface area (Å²) in [6.07, 6.45) is 1.51. The number of hydrogen-bond acceptors (Lipinski definition) is 5. The first-order valence-corrected chi connectivity index (χ1v) is 10.6. The molecule has 8 heteroatoms. The van der Waals surface area contributed by atoms with Crippen LogP contribution in [-0.2, 0) is 9.84 Å². The highest BCUT2D eigenvalue weighted by Gasteiger charge is 2.32. The standard InChI is InChI=1S/C20H20ClNO5S/c1-13-4-5-15(10-19(13)21)22(16-6-7-28(24,25)12-16)20(23)14-8-17(26-2)11-18(9-14)27-3/h4-11,16H,12H2,1-3H3. The van der Waals surface area contributed by atoms with Crippen LogP contribution < -0.4 is 14.4 Å². The van der Waals surface area contributed by atoms with Crippen molar-refractivity contribution in [3.8, 4) is 11.5 Å². The quantitative estimate of drug-likeness (QED) is 0.737. The van der Waals surface area contributed by atoms with Crippen molar-refractivity contribution in [2.75, 3.05) is 24.9 Å². The first-order chi connectivity index (χ1) is 13.2.